The molecule has 0 N–H and O–H groups in total. The molecular formula is C22H24O3. The summed E-state index contributed by atoms with van der Waals surface area (Å²) in [6, 6.07) is 0. The van der Waals surface area contributed by atoms with Gasteiger partial charge in [0.1, 0.15) is 5.60 Å². The van der Waals surface area contributed by atoms with Gasteiger partial charge in [0.25, 0.3) is 0 Å². The van der Waals surface area contributed by atoms with Crippen LogP contribution >= 0.6 is 0 Å². The Hall–Kier alpha value is -1.64. The quantitative estimate of drug-likeness (QED) is 0.635. The van der Waals surface area contributed by atoms with Gasteiger partial charge in [0.15, 0.2) is 5.78 Å². The van der Waals surface area contributed by atoms with E-state index in [1.165, 1.54) is 18.4 Å². The molecule has 3 nitrogen and oxygen atoms in total. The Labute approximate surface area is 148 Å². The number of hydrogen-bond acceptors (Lipinski definition) is 3. The first-order chi connectivity index (χ1) is 12.0. The molecule has 25 heavy (non-hydrogen) atoms. The highest BCUT2D eigenvalue weighted by atomic mass is 16.6. The Balaban J connectivity index is 1.42. The van der Waals surface area contributed by atoms with Gasteiger partial charge in [0, 0.05) is 23.8 Å². The van der Waals surface area contributed by atoms with Gasteiger partial charge in [-0.05, 0) is 73.0 Å². The second kappa shape index (κ2) is 4.36. The average molecular weight is 336 g/mol. The van der Waals surface area contributed by atoms with Crippen molar-refractivity contribution in [2.24, 2.45) is 40.9 Å². The topological polar surface area (TPSA) is 43.4 Å². The molecule has 1 heterocycles. The summed E-state index contributed by atoms with van der Waals surface area (Å²) in [4.78, 5) is 23.7. The lowest BCUT2D eigenvalue weighted by molar-refractivity contribution is -0.165. The maximum absolute atomic E-state index is 11.9. The highest BCUT2D eigenvalue weighted by Crippen LogP contribution is 2.77. The van der Waals surface area contributed by atoms with Crippen molar-refractivity contribution in [3.8, 4) is 0 Å². The van der Waals surface area contributed by atoms with Crippen LogP contribution in [0.4, 0.5) is 0 Å². The molecule has 6 rings (SSSR count). The number of fused-ring (bicyclic) bond motifs is 9. The predicted octanol–water partition coefficient (Wildman–Crippen LogP) is 3.61. The minimum absolute atomic E-state index is 0.0699. The van der Waals surface area contributed by atoms with Crippen molar-refractivity contribution in [2.45, 2.75) is 44.6 Å². The van der Waals surface area contributed by atoms with Crippen LogP contribution in [0.2, 0.25) is 0 Å². The van der Waals surface area contributed by atoms with Crippen LogP contribution in [-0.4, -0.2) is 17.4 Å². The molecule has 130 valence electrons. The fraction of sp³-hybridized carbons (Fsp3) is 0.636. The summed E-state index contributed by atoms with van der Waals surface area (Å²) in [7, 11) is 0. The first-order valence-corrected chi connectivity index (χ1v) is 9.88. The van der Waals surface area contributed by atoms with Crippen LogP contribution < -0.4 is 0 Å². The van der Waals surface area contributed by atoms with Crippen LogP contribution in [0, 0.1) is 40.9 Å². The fourth-order valence-electron chi connectivity index (χ4n) is 7.61. The van der Waals surface area contributed by atoms with Crippen LogP contribution in [0.1, 0.15) is 39.0 Å². The Morgan fingerprint density at radius 2 is 2.04 bits per heavy atom. The molecule has 1 aliphatic heterocycles. The molecule has 0 aromatic heterocycles. The molecular weight excluding hydrogens is 312 g/mol. The Bertz CT molecular complexity index is 789. The fourth-order valence-corrected chi connectivity index (χ4v) is 7.61. The number of allylic oxidation sites excluding steroid dienone is 4. The molecule has 6 aliphatic rings. The van der Waals surface area contributed by atoms with E-state index in [9.17, 15) is 9.59 Å². The third-order valence-electron chi connectivity index (χ3n) is 8.61. The summed E-state index contributed by atoms with van der Waals surface area (Å²) >= 11 is 0. The van der Waals surface area contributed by atoms with E-state index < -0.39 is 0 Å². The van der Waals surface area contributed by atoms with E-state index in [4.69, 9.17) is 4.74 Å². The highest BCUT2D eigenvalue weighted by Gasteiger charge is 2.77. The van der Waals surface area contributed by atoms with E-state index in [2.05, 4.69) is 25.2 Å². The van der Waals surface area contributed by atoms with Crippen molar-refractivity contribution < 1.29 is 14.3 Å². The van der Waals surface area contributed by atoms with Crippen LogP contribution in [0.5, 0.6) is 0 Å². The normalized spacial score (nSPS) is 54.5. The molecule has 3 heteroatoms. The minimum Gasteiger partial charge on any atom is -0.451 e. The summed E-state index contributed by atoms with van der Waals surface area (Å²) in [5.41, 5.74) is 1.01. The van der Waals surface area contributed by atoms with Gasteiger partial charge in [0.2, 0.25) is 0 Å². The van der Waals surface area contributed by atoms with E-state index in [0.29, 0.717) is 47.7 Å². The molecule has 3 unspecified atom stereocenters. The highest BCUT2D eigenvalue weighted by molar-refractivity contribution is 5.92. The molecule has 3 fully saturated rings. The lowest BCUT2D eigenvalue weighted by Crippen LogP contribution is -2.54. The van der Waals surface area contributed by atoms with E-state index in [0.717, 1.165) is 12.8 Å². The molecule has 8 atom stereocenters. The van der Waals surface area contributed by atoms with E-state index >= 15 is 0 Å². The van der Waals surface area contributed by atoms with Crippen molar-refractivity contribution in [3.05, 3.63) is 36.0 Å². The maximum Gasteiger partial charge on any atom is 0.331 e. The summed E-state index contributed by atoms with van der Waals surface area (Å²) in [5, 5.41) is 0. The van der Waals surface area contributed by atoms with Crippen LogP contribution in [0.15, 0.2) is 36.0 Å². The Morgan fingerprint density at radius 1 is 1.16 bits per heavy atom. The number of ketones is 1. The molecule has 1 spiro atoms. The Kier molecular flexibility index (Phi) is 2.53. The summed E-state index contributed by atoms with van der Waals surface area (Å²) in [5.74, 6) is 3.80. The van der Waals surface area contributed by atoms with E-state index in [1.54, 1.807) is 6.08 Å². The number of carbonyl (C=O) groups is 2. The lowest BCUT2D eigenvalue weighted by Gasteiger charge is -2.55. The molecule has 0 aromatic rings. The SMILES string of the molecule is C[C@]12CCC3C(C=CC4=CC(=O)CC[C@@H]43)C1[C@@H]1C[C@@H]1[C@@]21C=CC(=O)O1. The van der Waals surface area contributed by atoms with Gasteiger partial charge in [-0.2, -0.15) is 0 Å². The minimum atomic E-state index is -0.336. The number of ether oxygens (including phenoxy) is 1. The van der Waals surface area contributed by atoms with Crippen LogP contribution in [0.25, 0.3) is 0 Å². The van der Waals surface area contributed by atoms with Crippen molar-refractivity contribution in [3.63, 3.8) is 0 Å². The van der Waals surface area contributed by atoms with Gasteiger partial charge in [-0.1, -0.05) is 19.1 Å². The van der Waals surface area contributed by atoms with Crippen molar-refractivity contribution in [1.29, 1.82) is 0 Å². The first-order valence-electron chi connectivity index (χ1n) is 9.88. The molecule has 0 saturated heterocycles. The summed E-state index contributed by atoms with van der Waals surface area (Å²) in [6.07, 6.45) is 15.6. The van der Waals surface area contributed by atoms with Gasteiger partial charge in [-0.25, -0.2) is 4.79 Å². The smallest absolute Gasteiger partial charge is 0.331 e. The van der Waals surface area contributed by atoms with Gasteiger partial charge < -0.3 is 4.74 Å². The molecule has 0 radical (unpaired) electrons. The summed E-state index contributed by atoms with van der Waals surface area (Å²) in [6.45, 7) is 2.38. The predicted molar refractivity (Wildman–Crippen MR) is 92.3 cm³/mol. The molecule has 0 bridgehead atoms. The van der Waals surface area contributed by atoms with Crippen LogP contribution in [-0.2, 0) is 14.3 Å². The number of rotatable bonds is 0. The van der Waals surface area contributed by atoms with E-state index in [1.807, 2.05) is 6.08 Å². The second-order valence-corrected chi connectivity index (χ2v) is 9.39. The van der Waals surface area contributed by atoms with Gasteiger partial charge in [0.05, 0.1) is 0 Å². The zero-order valence-electron chi connectivity index (χ0n) is 14.6. The molecule has 5 aliphatic carbocycles. The van der Waals surface area contributed by atoms with Crippen molar-refractivity contribution >= 4 is 11.8 Å². The van der Waals surface area contributed by atoms with Gasteiger partial charge in [-0.15, -0.1) is 0 Å². The van der Waals surface area contributed by atoms with Gasteiger partial charge in [-0.3, -0.25) is 4.79 Å². The zero-order valence-corrected chi connectivity index (χ0v) is 14.6. The van der Waals surface area contributed by atoms with Crippen molar-refractivity contribution in [1.82, 2.24) is 0 Å². The van der Waals surface area contributed by atoms with Crippen molar-refractivity contribution in [2.75, 3.05) is 0 Å². The lowest BCUT2D eigenvalue weighted by atomic mass is 9.50. The number of esters is 1. The average Bonchev–Trinajstić information content (AvgIpc) is 3.23. The zero-order chi connectivity index (χ0) is 17.0. The molecule has 3 saturated carbocycles. The van der Waals surface area contributed by atoms with E-state index in [-0.39, 0.29) is 17.0 Å². The third-order valence-corrected chi connectivity index (χ3v) is 8.61. The van der Waals surface area contributed by atoms with Crippen LogP contribution in [0.3, 0.4) is 0 Å². The second-order valence-electron chi connectivity index (χ2n) is 9.39. The molecule has 0 aromatic carbocycles. The standard InChI is InChI=1S/C22H24O3/c1-21-8-6-15-14-5-3-13(23)10-12(14)2-4-16(15)20(21)17-11-18(17)22(21)9-7-19(24)25-22/h2,4,7,9-10,14-18,20H,3,5-6,8,11H2,1H3/t14-,15?,16?,17+,18-,20?,21-,22-/m0/s1. The third kappa shape index (κ3) is 1.59. The largest absolute Gasteiger partial charge is 0.451 e. The first kappa shape index (κ1) is 14.5. The Morgan fingerprint density at radius 3 is 2.84 bits per heavy atom. The summed E-state index contributed by atoms with van der Waals surface area (Å²) < 4.78 is 6.01. The monoisotopic (exact) mass is 336 g/mol. The van der Waals surface area contributed by atoms with Gasteiger partial charge >= 0.3 is 5.97 Å². The molecule has 0 amide bonds. The number of hydrogen-bond donors (Lipinski definition) is 0. The number of carbonyl (C=O) groups excluding carboxylic acids is 2. The maximum atomic E-state index is 11.9.